The maximum atomic E-state index is 12.4. The first-order valence-electron chi connectivity index (χ1n) is 8.55. The molecular weight excluding hydrogens is 410 g/mol. The van der Waals surface area contributed by atoms with Gasteiger partial charge in [-0.3, -0.25) is 15.1 Å². The summed E-state index contributed by atoms with van der Waals surface area (Å²) in [5.74, 6) is -0.622. The predicted molar refractivity (Wildman–Crippen MR) is 109 cm³/mol. The Balaban J connectivity index is 1.45. The van der Waals surface area contributed by atoms with Gasteiger partial charge in [0, 0.05) is 23.3 Å². The standard InChI is InChI=1S/C20H15N3O4S2/c24-19(23-20-22-17(12-28-20)14-5-4-10-21-11-14)18-9-8-15(27-18)13-29(25,26)16-6-2-1-3-7-16/h1-12H,13H2,(H,22,23,24). The summed E-state index contributed by atoms with van der Waals surface area (Å²) in [5.41, 5.74) is 1.54. The van der Waals surface area contributed by atoms with Crippen molar-refractivity contribution < 1.29 is 17.6 Å². The van der Waals surface area contributed by atoms with E-state index in [1.54, 1.807) is 36.7 Å². The molecule has 4 aromatic rings. The second-order valence-corrected chi connectivity index (χ2v) is 8.92. The molecule has 1 N–H and O–H groups in total. The van der Waals surface area contributed by atoms with Crippen LogP contribution in [0.15, 0.2) is 81.7 Å². The van der Waals surface area contributed by atoms with Crippen molar-refractivity contribution in [1.82, 2.24) is 9.97 Å². The summed E-state index contributed by atoms with van der Waals surface area (Å²) in [6.45, 7) is 0. The number of thiazole rings is 1. The van der Waals surface area contributed by atoms with Gasteiger partial charge in [-0.1, -0.05) is 18.2 Å². The molecule has 7 nitrogen and oxygen atoms in total. The molecule has 1 amide bonds. The van der Waals surface area contributed by atoms with Crippen molar-refractivity contribution in [3.05, 3.63) is 83.9 Å². The Morgan fingerprint density at radius 2 is 1.90 bits per heavy atom. The summed E-state index contributed by atoms with van der Waals surface area (Å²) in [7, 11) is -3.55. The van der Waals surface area contributed by atoms with Crippen LogP contribution < -0.4 is 5.32 Å². The van der Waals surface area contributed by atoms with E-state index in [9.17, 15) is 13.2 Å². The fourth-order valence-corrected chi connectivity index (χ4v) is 4.60. The minimum absolute atomic E-state index is 0.0152. The Hall–Kier alpha value is -3.30. The summed E-state index contributed by atoms with van der Waals surface area (Å²) in [5, 5.41) is 4.88. The van der Waals surface area contributed by atoms with Crippen LogP contribution in [0.3, 0.4) is 0 Å². The smallest absolute Gasteiger partial charge is 0.293 e. The molecule has 1 aromatic carbocycles. The van der Waals surface area contributed by atoms with Gasteiger partial charge in [0.25, 0.3) is 5.91 Å². The molecule has 0 aliphatic heterocycles. The third-order valence-electron chi connectivity index (χ3n) is 4.00. The Labute approximate surface area is 171 Å². The van der Waals surface area contributed by atoms with E-state index in [1.807, 2.05) is 11.4 Å². The average molecular weight is 425 g/mol. The molecule has 146 valence electrons. The Morgan fingerprint density at radius 1 is 1.07 bits per heavy atom. The highest BCUT2D eigenvalue weighted by atomic mass is 32.2. The fraction of sp³-hybridized carbons (Fsp3) is 0.0500. The largest absolute Gasteiger partial charge is 0.455 e. The molecule has 9 heteroatoms. The second-order valence-electron chi connectivity index (χ2n) is 6.07. The van der Waals surface area contributed by atoms with E-state index in [0.717, 1.165) is 5.56 Å². The summed E-state index contributed by atoms with van der Waals surface area (Å²) < 4.78 is 30.3. The van der Waals surface area contributed by atoms with Crippen LogP contribution in [0.4, 0.5) is 5.13 Å². The van der Waals surface area contributed by atoms with Gasteiger partial charge in [-0.25, -0.2) is 13.4 Å². The first-order valence-corrected chi connectivity index (χ1v) is 11.1. The van der Waals surface area contributed by atoms with Crippen LogP contribution >= 0.6 is 11.3 Å². The van der Waals surface area contributed by atoms with Gasteiger partial charge < -0.3 is 4.42 Å². The number of hydrogen-bond acceptors (Lipinski definition) is 7. The number of benzene rings is 1. The normalized spacial score (nSPS) is 11.3. The van der Waals surface area contributed by atoms with Crippen LogP contribution in [0.2, 0.25) is 0 Å². The van der Waals surface area contributed by atoms with Crippen LogP contribution in [0, 0.1) is 0 Å². The summed E-state index contributed by atoms with van der Waals surface area (Å²) in [6, 6.07) is 14.7. The van der Waals surface area contributed by atoms with Crippen molar-refractivity contribution in [2.75, 3.05) is 5.32 Å². The number of amides is 1. The number of pyridine rings is 1. The maximum absolute atomic E-state index is 12.4. The monoisotopic (exact) mass is 425 g/mol. The van der Waals surface area contributed by atoms with Crippen molar-refractivity contribution in [2.45, 2.75) is 10.6 Å². The lowest BCUT2D eigenvalue weighted by Gasteiger charge is -2.02. The van der Waals surface area contributed by atoms with Crippen molar-refractivity contribution in [1.29, 1.82) is 0 Å². The number of aromatic nitrogens is 2. The molecule has 0 bridgehead atoms. The lowest BCUT2D eigenvalue weighted by atomic mass is 10.2. The molecule has 3 heterocycles. The molecule has 3 aromatic heterocycles. The summed E-state index contributed by atoms with van der Waals surface area (Å²) >= 11 is 1.27. The topological polar surface area (TPSA) is 102 Å². The lowest BCUT2D eigenvalue weighted by Crippen LogP contribution is -2.10. The van der Waals surface area contributed by atoms with Crippen LogP contribution in [0.25, 0.3) is 11.3 Å². The van der Waals surface area contributed by atoms with Crippen molar-refractivity contribution in [3.63, 3.8) is 0 Å². The number of sulfone groups is 1. The predicted octanol–water partition coefficient (Wildman–Crippen LogP) is 4.02. The number of carbonyl (C=O) groups is 1. The van der Waals surface area contributed by atoms with Crippen molar-refractivity contribution >= 4 is 32.2 Å². The SMILES string of the molecule is O=C(Nc1nc(-c2cccnc2)cs1)c1ccc(CS(=O)(=O)c2ccccc2)o1. The van der Waals surface area contributed by atoms with Crippen LogP contribution in [0.1, 0.15) is 16.3 Å². The van der Waals surface area contributed by atoms with E-state index >= 15 is 0 Å². The van der Waals surface area contributed by atoms with Crippen LogP contribution in [0.5, 0.6) is 0 Å². The van der Waals surface area contributed by atoms with Gasteiger partial charge in [0.1, 0.15) is 11.5 Å². The van der Waals surface area contributed by atoms with Gasteiger partial charge in [-0.2, -0.15) is 0 Å². The number of nitrogens with one attached hydrogen (secondary N) is 1. The molecule has 4 rings (SSSR count). The first kappa shape index (κ1) is 19.0. The first-order chi connectivity index (χ1) is 14.0. The molecule has 0 unspecified atom stereocenters. The molecular formula is C20H15N3O4S2. The van der Waals surface area contributed by atoms with Crippen LogP contribution in [-0.2, 0) is 15.6 Å². The second kappa shape index (κ2) is 7.98. The fourth-order valence-electron chi connectivity index (χ4n) is 2.61. The molecule has 0 saturated carbocycles. The van der Waals surface area contributed by atoms with Gasteiger partial charge in [0.05, 0.1) is 10.6 Å². The molecule has 0 atom stereocenters. The van der Waals surface area contributed by atoms with Crippen LogP contribution in [-0.4, -0.2) is 24.3 Å². The third-order valence-corrected chi connectivity index (χ3v) is 6.41. The number of furan rings is 1. The molecule has 0 fully saturated rings. The minimum atomic E-state index is -3.55. The van der Waals surface area contributed by atoms with E-state index < -0.39 is 15.7 Å². The number of carbonyl (C=O) groups excluding carboxylic acids is 1. The summed E-state index contributed by atoms with van der Waals surface area (Å²) in [4.78, 5) is 21.0. The molecule has 0 aliphatic rings. The minimum Gasteiger partial charge on any atom is -0.455 e. The highest BCUT2D eigenvalue weighted by Gasteiger charge is 2.19. The highest BCUT2D eigenvalue weighted by Crippen LogP contribution is 2.25. The quantitative estimate of drug-likeness (QED) is 0.500. The summed E-state index contributed by atoms with van der Waals surface area (Å²) in [6.07, 6.45) is 3.36. The molecule has 0 radical (unpaired) electrons. The van der Waals surface area contributed by atoms with E-state index in [4.69, 9.17) is 4.42 Å². The number of hydrogen-bond donors (Lipinski definition) is 1. The Kier molecular flexibility index (Phi) is 5.24. The maximum Gasteiger partial charge on any atom is 0.293 e. The zero-order valence-electron chi connectivity index (χ0n) is 15.0. The molecule has 0 spiro atoms. The number of nitrogens with zero attached hydrogens (tertiary/aromatic N) is 2. The van der Waals surface area contributed by atoms with E-state index in [2.05, 4.69) is 15.3 Å². The van der Waals surface area contributed by atoms with Crippen molar-refractivity contribution in [2.24, 2.45) is 0 Å². The van der Waals surface area contributed by atoms with Crippen molar-refractivity contribution in [3.8, 4) is 11.3 Å². The number of rotatable bonds is 6. The van der Waals surface area contributed by atoms with Gasteiger partial charge in [0.2, 0.25) is 0 Å². The average Bonchev–Trinajstić information content (AvgIpc) is 3.39. The molecule has 0 saturated heterocycles. The van der Waals surface area contributed by atoms with E-state index in [0.29, 0.717) is 10.8 Å². The van der Waals surface area contributed by atoms with Gasteiger partial charge in [0.15, 0.2) is 20.7 Å². The molecule has 29 heavy (non-hydrogen) atoms. The molecule has 0 aliphatic carbocycles. The number of anilines is 1. The van der Waals surface area contributed by atoms with E-state index in [1.165, 1.54) is 35.6 Å². The zero-order valence-corrected chi connectivity index (χ0v) is 16.6. The van der Waals surface area contributed by atoms with Gasteiger partial charge in [-0.15, -0.1) is 11.3 Å². The third kappa shape index (κ3) is 4.41. The highest BCUT2D eigenvalue weighted by molar-refractivity contribution is 7.90. The van der Waals surface area contributed by atoms with Gasteiger partial charge >= 0.3 is 0 Å². The Morgan fingerprint density at radius 3 is 2.66 bits per heavy atom. The van der Waals surface area contributed by atoms with Gasteiger partial charge in [-0.05, 0) is 36.4 Å². The lowest BCUT2D eigenvalue weighted by molar-refractivity contribution is 0.0995. The van der Waals surface area contributed by atoms with E-state index in [-0.39, 0.29) is 22.2 Å². The Bertz CT molecular complexity index is 1230. The zero-order chi connectivity index (χ0) is 20.3.